The van der Waals surface area contributed by atoms with Crippen molar-refractivity contribution in [1.82, 2.24) is 15.6 Å². The van der Waals surface area contributed by atoms with Gasteiger partial charge >= 0.3 is 0 Å². The number of halogens is 1. The normalized spacial score (nSPS) is 12.7. The number of nitrogens with zero attached hydrogens (tertiary/aromatic N) is 2. The first-order valence-corrected chi connectivity index (χ1v) is 7.41. The molecule has 0 aliphatic heterocycles. The van der Waals surface area contributed by atoms with Gasteiger partial charge in [0.1, 0.15) is 0 Å². The second-order valence-electron chi connectivity index (χ2n) is 4.44. The summed E-state index contributed by atoms with van der Waals surface area (Å²) in [4.78, 5) is 8.66. The predicted molar refractivity (Wildman–Crippen MR) is 94.8 cm³/mol. The first-order valence-electron chi connectivity index (χ1n) is 6.54. The van der Waals surface area contributed by atoms with E-state index < -0.39 is 0 Å². The van der Waals surface area contributed by atoms with Crippen molar-refractivity contribution < 1.29 is 0 Å². The minimum absolute atomic E-state index is 0. The lowest BCUT2D eigenvalue weighted by Crippen LogP contribution is -2.42. The van der Waals surface area contributed by atoms with E-state index in [9.17, 15) is 0 Å². The van der Waals surface area contributed by atoms with Crippen LogP contribution in [0.2, 0.25) is 0 Å². The third-order valence-electron chi connectivity index (χ3n) is 2.75. The van der Waals surface area contributed by atoms with Gasteiger partial charge in [0.25, 0.3) is 0 Å². The lowest BCUT2D eigenvalue weighted by molar-refractivity contribution is 0.620. The first-order chi connectivity index (χ1) is 8.65. The molecule has 4 nitrogen and oxygen atoms in total. The molecule has 0 radical (unpaired) electrons. The van der Waals surface area contributed by atoms with Crippen LogP contribution in [0.5, 0.6) is 0 Å². The average Bonchev–Trinajstić information content (AvgIpc) is 2.78. The zero-order valence-electron chi connectivity index (χ0n) is 12.2. The second-order valence-corrected chi connectivity index (χ2v) is 5.38. The summed E-state index contributed by atoms with van der Waals surface area (Å²) in [6.45, 7) is 7.28. The number of aromatic nitrogens is 1. The van der Waals surface area contributed by atoms with Gasteiger partial charge in [-0.05, 0) is 26.7 Å². The highest BCUT2D eigenvalue weighted by atomic mass is 127. The number of hydrogen-bond donors (Lipinski definition) is 2. The van der Waals surface area contributed by atoms with Crippen LogP contribution < -0.4 is 10.6 Å². The van der Waals surface area contributed by atoms with Crippen LogP contribution in [0.4, 0.5) is 0 Å². The van der Waals surface area contributed by atoms with Gasteiger partial charge in [0, 0.05) is 37.1 Å². The van der Waals surface area contributed by atoms with Crippen molar-refractivity contribution in [2.45, 2.75) is 46.1 Å². The highest BCUT2D eigenvalue weighted by molar-refractivity contribution is 14.0. The largest absolute Gasteiger partial charge is 0.356 e. The molecule has 0 amide bonds. The molecule has 0 aliphatic carbocycles. The highest BCUT2D eigenvalue weighted by Gasteiger charge is 2.02. The summed E-state index contributed by atoms with van der Waals surface area (Å²) in [6, 6.07) is 0.456. The summed E-state index contributed by atoms with van der Waals surface area (Å²) in [5.74, 6) is 0.889. The molecule has 0 saturated heterocycles. The fourth-order valence-electron chi connectivity index (χ4n) is 1.49. The van der Waals surface area contributed by atoms with Gasteiger partial charge in [-0.1, -0.05) is 6.92 Å². The molecule has 1 atom stereocenters. The molecule has 0 fully saturated rings. The predicted octanol–water partition coefficient (Wildman–Crippen LogP) is 2.97. The Hall–Kier alpha value is -0.370. The quantitative estimate of drug-likeness (QED) is 0.337. The number of rotatable bonds is 6. The van der Waals surface area contributed by atoms with E-state index in [1.807, 2.05) is 14.0 Å². The van der Waals surface area contributed by atoms with E-state index in [-0.39, 0.29) is 24.0 Å². The molecule has 1 aromatic rings. The molecule has 110 valence electrons. The SMILES string of the molecule is CCC(C)NC(=NC)NCCCc1nc(C)cs1.I. The van der Waals surface area contributed by atoms with Crippen molar-refractivity contribution in [2.75, 3.05) is 13.6 Å². The lowest BCUT2D eigenvalue weighted by Gasteiger charge is -2.16. The summed E-state index contributed by atoms with van der Waals surface area (Å²) in [6.07, 6.45) is 3.21. The van der Waals surface area contributed by atoms with Crippen molar-refractivity contribution in [2.24, 2.45) is 4.99 Å². The second kappa shape index (κ2) is 10.4. The van der Waals surface area contributed by atoms with Crippen molar-refractivity contribution in [3.05, 3.63) is 16.1 Å². The zero-order valence-corrected chi connectivity index (χ0v) is 15.3. The fraction of sp³-hybridized carbons (Fsp3) is 0.692. The van der Waals surface area contributed by atoms with Gasteiger partial charge in [0.15, 0.2) is 5.96 Å². The van der Waals surface area contributed by atoms with E-state index in [0.717, 1.165) is 37.5 Å². The van der Waals surface area contributed by atoms with Gasteiger partial charge in [-0.2, -0.15) is 0 Å². The van der Waals surface area contributed by atoms with Crippen molar-refractivity contribution >= 4 is 41.3 Å². The highest BCUT2D eigenvalue weighted by Crippen LogP contribution is 2.10. The molecule has 19 heavy (non-hydrogen) atoms. The van der Waals surface area contributed by atoms with E-state index in [4.69, 9.17) is 0 Å². The molecule has 0 saturated carbocycles. The van der Waals surface area contributed by atoms with Gasteiger partial charge in [-0.3, -0.25) is 4.99 Å². The van der Waals surface area contributed by atoms with Crippen molar-refractivity contribution in [3.8, 4) is 0 Å². The van der Waals surface area contributed by atoms with Crippen LogP contribution in [0.25, 0.3) is 0 Å². The van der Waals surface area contributed by atoms with E-state index in [2.05, 4.69) is 39.8 Å². The van der Waals surface area contributed by atoms with Crippen LogP contribution in [0.3, 0.4) is 0 Å². The van der Waals surface area contributed by atoms with Crippen molar-refractivity contribution in [3.63, 3.8) is 0 Å². The standard InChI is InChI=1S/C13H24N4S.HI/c1-5-10(2)17-13(14-4)15-8-6-7-12-16-11(3)9-18-12;/h9-10H,5-8H2,1-4H3,(H2,14,15,17);1H. The Morgan fingerprint density at radius 2 is 2.26 bits per heavy atom. The van der Waals surface area contributed by atoms with Crippen LogP contribution in [0.15, 0.2) is 10.4 Å². The molecule has 6 heteroatoms. The van der Waals surface area contributed by atoms with Crippen LogP contribution in [-0.2, 0) is 6.42 Å². The molecule has 2 N–H and O–H groups in total. The van der Waals surface area contributed by atoms with E-state index in [1.54, 1.807) is 11.3 Å². The van der Waals surface area contributed by atoms with Crippen LogP contribution >= 0.6 is 35.3 Å². The van der Waals surface area contributed by atoms with E-state index in [0.29, 0.717) is 6.04 Å². The van der Waals surface area contributed by atoms with Gasteiger partial charge < -0.3 is 10.6 Å². The molecule has 0 aliphatic rings. The van der Waals surface area contributed by atoms with E-state index >= 15 is 0 Å². The van der Waals surface area contributed by atoms with Crippen LogP contribution in [-0.4, -0.2) is 30.6 Å². The topological polar surface area (TPSA) is 49.3 Å². The Bertz CT molecular complexity index is 378. The molecular weight excluding hydrogens is 371 g/mol. The minimum Gasteiger partial charge on any atom is -0.356 e. The zero-order chi connectivity index (χ0) is 13.4. The van der Waals surface area contributed by atoms with Crippen LogP contribution in [0.1, 0.15) is 37.4 Å². The molecule has 1 aromatic heterocycles. The molecule has 1 heterocycles. The summed E-state index contributed by atoms with van der Waals surface area (Å²) in [5, 5.41) is 10.00. The van der Waals surface area contributed by atoms with E-state index in [1.165, 1.54) is 5.01 Å². The maximum atomic E-state index is 4.45. The molecular formula is C13H25IN4S. The Morgan fingerprint density at radius 1 is 1.53 bits per heavy atom. The van der Waals surface area contributed by atoms with Gasteiger partial charge in [-0.15, -0.1) is 35.3 Å². The number of hydrogen-bond acceptors (Lipinski definition) is 3. The summed E-state index contributed by atoms with van der Waals surface area (Å²) in [7, 11) is 1.81. The lowest BCUT2D eigenvalue weighted by atomic mass is 10.3. The number of guanidine groups is 1. The molecule has 0 spiro atoms. The minimum atomic E-state index is 0. The number of aryl methyl sites for hydroxylation is 2. The monoisotopic (exact) mass is 396 g/mol. The average molecular weight is 396 g/mol. The van der Waals surface area contributed by atoms with Crippen molar-refractivity contribution in [1.29, 1.82) is 0 Å². The summed E-state index contributed by atoms with van der Waals surface area (Å²) >= 11 is 1.74. The van der Waals surface area contributed by atoms with Crippen LogP contribution in [0, 0.1) is 6.92 Å². The molecule has 0 aromatic carbocycles. The smallest absolute Gasteiger partial charge is 0.191 e. The first kappa shape index (κ1) is 18.6. The van der Waals surface area contributed by atoms with Gasteiger partial charge in [0.05, 0.1) is 5.01 Å². The Kier molecular flexibility index (Phi) is 10.2. The molecule has 0 bridgehead atoms. The maximum absolute atomic E-state index is 4.45. The Labute approximate surface area is 137 Å². The summed E-state index contributed by atoms with van der Waals surface area (Å²) in [5.41, 5.74) is 1.12. The number of aliphatic imine (C=N–C) groups is 1. The Morgan fingerprint density at radius 3 is 2.79 bits per heavy atom. The summed E-state index contributed by atoms with van der Waals surface area (Å²) < 4.78 is 0. The number of thiazole rings is 1. The molecule has 1 rings (SSSR count). The fourth-order valence-corrected chi connectivity index (χ4v) is 2.31. The van der Waals surface area contributed by atoms with Gasteiger partial charge in [-0.25, -0.2) is 4.98 Å². The third-order valence-corrected chi connectivity index (χ3v) is 3.77. The Balaban J connectivity index is 0.00000324. The maximum Gasteiger partial charge on any atom is 0.191 e. The third kappa shape index (κ3) is 7.71. The number of nitrogens with one attached hydrogen (secondary N) is 2. The molecule has 1 unspecified atom stereocenters. The van der Waals surface area contributed by atoms with Gasteiger partial charge in [0.2, 0.25) is 0 Å².